The first-order valence-electron chi connectivity index (χ1n) is 5.44. The van der Waals surface area contributed by atoms with Gasteiger partial charge in [0.1, 0.15) is 0 Å². The summed E-state index contributed by atoms with van der Waals surface area (Å²) < 4.78 is 6.55. The number of rotatable bonds is 2. The highest BCUT2D eigenvalue weighted by Gasteiger charge is 2.31. The van der Waals surface area contributed by atoms with Crippen molar-refractivity contribution in [2.45, 2.75) is 18.9 Å². The van der Waals surface area contributed by atoms with Crippen LogP contribution in [0.2, 0.25) is 0 Å². The van der Waals surface area contributed by atoms with Gasteiger partial charge in [0, 0.05) is 7.05 Å². The van der Waals surface area contributed by atoms with E-state index >= 15 is 0 Å². The molecular formula is C12H13NO3. The van der Waals surface area contributed by atoms with Crippen molar-refractivity contribution < 1.29 is 9.52 Å². The quantitative estimate of drug-likeness (QED) is 0.834. The lowest BCUT2D eigenvalue weighted by atomic mass is 10.1. The molecule has 2 aromatic rings. The summed E-state index contributed by atoms with van der Waals surface area (Å²) in [6.07, 6.45) is 1.74. The van der Waals surface area contributed by atoms with Gasteiger partial charge < -0.3 is 9.52 Å². The molecule has 16 heavy (non-hydrogen) atoms. The van der Waals surface area contributed by atoms with Gasteiger partial charge in [-0.2, -0.15) is 0 Å². The summed E-state index contributed by atoms with van der Waals surface area (Å²) >= 11 is 0. The average molecular weight is 219 g/mol. The van der Waals surface area contributed by atoms with E-state index in [2.05, 4.69) is 0 Å². The highest BCUT2D eigenvalue weighted by atomic mass is 16.4. The van der Waals surface area contributed by atoms with E-state index in [-0.39, 0.29) is 5.76 Å². The van der Waals surface area contributed by atoms with Gasteiger partial charge in [0.05, 0.1) is 11.6 Å². The third-order valence-corrected chi connectivity index (χ3v) is 3.23. The zero-order valence-corrected chi connectivity index (χ0v) is 9.01. The van der Waals surface area contributed by atoms with Crippen LogP contribution in [-0.4, -0.2) is 9.67 Å². The maximum Gasteiger partial charge on any atom is 0.419 e. The van der Waals surface area contributed by atoms with E-state index in [0.29, 0.717) is 11.5 Å². The number of aryl methyl sites for hydroxylation is 1. The van der Waals surface area contributed by atoms with Crippen LogP contribution in [0.15, 0.2) is 27.4 Å². The summed E-state index contributed by atoms with van der Waals surface area (Å²) in [4.78, 5) is 11.3. The molecule has 0 amide bonds. The van der Waals surface area contributed by atoms with Crippen molar-refractivity contribution in [3.8, 4) is 0 Å². The zero-order chi connectivity index (χ0) is 11.3. The normalized spacial score (nSPS) is 17.9. The first-order chi connectivity index (χ1) is 7.66. The number of benzene rings is 1. The molecule has 1 aliphatic carbocycles. The summed E-state index contributed by atoms with van der Waals surface area (Å²) in [7, 11) is 1.67. The Kier molecular flexibility index (Phi) is 1.94. The van der Waals surface area contributed by atoms with E-state index in [4.69, 9.17) is 4.42 Å². The number of hydrogen-bond donors (Lipinski definition) is 1. The molecule has 0 aliphatic heterocycles. The molecule has 0 spiro atoms. The highest BCUT2D eigenvalue weighted by Crippen LogP contribution is 2.41. The molecule has 1 heterocycles. The SMILES string of the molecule is Cn1c(=O)oc2cc(C(O)C3CC3)ccc21. The first kappa shape index (κ1) is 9.66. The fourth-order valence-electron chi connectivity index (χ4n) is 2.02. The van der Waals surface area contributed by atoms with Gasteiger partial charge in [0.15, 0.2) is 5.58 Å². The van der Waals surface area contributed by atoms with Crippen molar-refractivity contribution in [1.82, 2.24) is 4.57 Å². The van der Waals surface area contributed by atoms with Gasteiger partial charge in [-0.25, -0.2) is 4.79 Å². The monoisotopic (exact) mass is 219 g/mol. The van der Waals surface area contributed by atoms with E-state index in [1.165, 1.54) is 4.57 Å². The van der Waals surface area contributed by atoms with E-state index in [0.717, 1.165) is 23.9 Å². The molecule has 1 unspecified atom stereocenters. The Morgan fingerprint density at radius 1 is 1.50 bits per heavy atom. The Morgan fingerprint density at radius 2 is 2.25 bits per heavy atom. The molecule has 1 fully saturated rings. The minimum atomic E-state index is -0.421. The number of hydrogen-bond acceptors (Lipinski definition) is 3. The van der Waals surface area contributed by atoms with Crippen molar-refractivity contribution in [3.63, 3.8) is 0 Å². The minimum Gasteiger partial charge on any atom is -0.408 e. The van der Waals surface area contributed by atoms with Gasteiger partial charge in [0.2, 0.25) is 0 Å². The first-order valence-corrected chi connectivity index (χ1v) is 5.44. The van der Waals surface area contributed by atoms with Crippen molar-refractivity contribution in [2.75, 3.05) is 0 Å². The number of oxazole rings is 1. The van der Waals surface area contributed by atoms with Crippen molar-refractivity contribution in [1.29, 1.82) is 0 Å². The maximum atomic E-state index is 11.3. The lowest BCUT2D eigenvalue weighted by molar-refractivity contribution is 0.154. The lowest BCUT2D eigenvalue weighted by Crippen LogP contribution is -2.08. The fourth-order valence-corrected chi connectivity index (χ4v) is 2.02. The molecule has 1 N–H and O–H groups in total. The predicted molar refractivity (Wildman–Crippen MR) is 59.1 cm³/mol. The molecule has 1 aromatic heterocycles. The number of aliphatic hydroxyl groups excluding tert-OH is 1. The van der Waals surface area contributed by atoms with Gasteiger partial charge in [-0.3, -0.25) is 4.57 Å². The van der Waals surface area contributed by atoms with Gasteiger partial charge in [-0.05, 0) is 36.5 Å². The highest BCUT2D eigenvalue weighted by molar-refractivity contribution is 5.73. The second-order valence-corrected chi connectivity index (χ2v) is 4.44. The van der Waals surface area contributed by atoms with Crippen LogP contribution in [0.4, 0.5) is 0 Å². The molecule has 1 aromatic carbocycles. The van der Waals surface area contributed by atoms with Crippen LogP contribution in [0.3, 0.4) is 0 Å². The van der Waals surface area contributed by atoms with E-state index in [9.17, 15) is 9.90 Å². The van der Waals surface area contributed by atoms with Crippen LogP contribution in [0, 0.1) is 5.92 Å². The Balaban J connectivity index is 2.11. The van der Waals surface area contributed by atoms with Crippen LogP contribution in [0.1, 0.15) is 24.5 Å². The molecule has 1 atom stereocenters. The van der Waals surface area contributed by atoms with Gasteiger partial charge in [0.25, 0.3) is 0 Å². The summed E-state index contributed by atoms with van der Waals surface area (Å²) in [6.45, 7) is 0. The van der Waals surface area contributed by atoms with Crippen LogP contribution in [-0.2, 0) is 7.05 Å². The molecule has 84 valence electrons. The maximum absolute atomic E-state index is 11.3. The average Bonchev–Trinajstić information content (AvgIpc) is 3.07. The Hall–Kier alpha value is -1.55. The topological polar surface area (TPSA) is 55.4 Å². The number of fused-ring (bicyclic) bond motifs is 1. The molecule has 4 heteroatoms. The smallest absolute Gasteiger partial charge is 0.408 e. The minimum absolute atomic E-state index is 0.368. The third kappa shape index (κ3) is 1.38. The van der Waals surface area contributed by atoms with Crippen LogP contribution >= 0.6 is 0 Å². The fraction of sp³-hybridized carbons (Fsp3) is 0.417. The Labute approximate surface area is 92.1 Å². The van der Waals surface area contributed by atoms with Crippen LogP contribution in [0.5, 0.6) is 0 Å². The Bertz CT molecular complexity index is 592. The van der Waals surface area contributed by atoms with Gasteiger partial charge in [-0.15, -0.1) is 0 Å². The van der Waals surface area contributed by atoms with E-state index in [1.54, 1.807) is 13.1 Å². The molecule has 0 radical (unpaired) electrons. The number of aliphatic hydroxyl groups is 1. The molecule has 1 saturated carbocycles. The van der Waals surface area contributed by atoms with E-state index < -0.39 is 6.10 Å². The molecule has 1 aliphatic rings. The standard InChI is InChI=1S/C12H13NO3/c1-13-9-5-4-8(11(14)7-2-3-7)6-10(9)16-12(13)15/h4-7,11,14H,2-3H2,1H3. The summed E-state index contributed by atoms with van der Waals surface area (Å²) in [5.41, 5.74) is 2.14. The van der Waals surface area contributed by atoms with Crippen LogP contribution < -0.4 is 5.76 Å². The third-order valence-electron chi connectivity index (χ3n) is 3.23. The van der Waals surface area contributed by atoms with Crippen molar-refractivity contribution >= 4 is 11.1 Å². The van der Waals surface area contributed by atoms with E-state index in [1.807, 2.05) is 12.1 Å². The molecule has 4 nitrogen and oxygen atoms in total. The second kappa shape index (κ2) is 3.22. The largest absolute Gasteiger partial charge is 0.419 e. The van der Waals surface area contributed by atoms with Crippen molar-refractivity contribution in [3.05, 3.63) is 34.3 Å². The molecule has 0 bridgehead atoms. The van der Waals surface area contributed by atoms with Gasteiger partial charge in [-0.1, -0.05) is 6.07 Å². The molecular weight excluding hydrogens is 206 g/mol. The second-order valence-electron chi connectivity index (χ2n) is 4.44. The molecule has 0 saturated heterocycles. The lowest BCUT2D eigenvalue weighted by Gasteiger charge is -2.08. The van der Waals surface area contributed by atoms with Crippen molar-refractivity contribution in [2.24, 2.45) is 13.0 Å². The zero-order valence-electron chi connectivity index (χ0n) is 9.01. The molecule has 3 rings (SSSR count). The van der Waals surface area contributed by atoms with Gasteiger partial charge >= 0.3 is 5.76 Å². The predicted octanol–water partition coefficient (Wildman–Crippen LogP) is 1.57. The summed E-state index contributed by atoms with van der Waals surface area (Å²) in [6, 6.07) is 5.45. The Morgan fingerprint density at radius 3 is 2.94 bits per heavy atom. The number of aromatic nitrogens is 1. The summed E-state index contributed by atoms with van der Waals surface area (Å²) in [5, 5.41) is 9.97. The summed E-state index contributed by atoms with van der Waals surface area (Å²) in [5.74, 6) is 0.0148. The number of nitrogens with zero attached hydrogens (tertiary/aromatic N) is 1. The van der Waals surface area contributed by atoms with Crippen LogP contribution in [0.25, 0.3) is 11.1 Å².